The van der Waals surface area contributed by atoms with Crippen LogP contribution in [0.3, 0.4) is 0 Å². The number of hydrogen-bond acceptors (Lipinski definition) is 3. The van der Waals surface area contributed by atoms with E-state index >= 15 is 0 Å². The van der Waals surface area contributed by atoms with Crippen molar-refractivity contribution in [2.45, 2.75) is 88.4 Å². The topological polar surface area (TPSA) is 35.5 Å². The number of carbonyl (C=O) groups excluding carboxylic acids is 1. The van der Waals surface area contributed by atoms with Crippen molar-refractivity contribution in [3.05, 3.63) is 0 Å². The summed E-state index contributed by atoms with van der Waals surface area (Å²) >= 11 is 0. The first-order valence-corrected chi connectivity index (χ1v) is 8.55. The monoisotopic (exact) mass is 314 g/mol. The SMILES string of the molecule is CCOC(CC(C)C)OC(=O)C(C)(CC(C)(C)C)C(C)(C)C. The van der Waals surface area contributed by atoms with Gasteiger partial charge in [0.15, 0.2) is 0 Å². The second-order valence-electron chi connectivity index (χ2n) is 9.24. The van der Waals surface area contributed by atoms with E-state index in [1.54, 1.807) is 0 Å². The van der Waals surface area contributed by atoms with Gasteiger partial charge in [-0.2, -0.15) is 0 Å². The molecule has 0 aromatic heterocycles. The molecule has 3 heteroatoms. The first kappa shape index (κ1) is 21.4. The van der Waals surface area contributed by atoms with Crippen LogP contribution in [-0.2, 0) is 14.3 Å². The highest BCUT2D eigenvalue weighted by Crippen LogP contribution is 2.47. The van der Waals surface area contributed by atoms with Gasteiger partial charge < -0.3 is 9.47 Å². The molecule has 3 nitrogen and oxygen atoms in total. The van der Waals surface area contributed by atoms with Gasteiger partial charge in [-0.15, -0.1) is 0 Å². The van der Waals surface area contributed by atoms with Crippen molar-refractivity contribution in [1.29, 1.82) is 0 Å². The van der Waals surface area contributed by atoms with Gasteiger partial charge in [-0.3, -0.25) is 4.79 Å². The molecule has 0 aliphatic carbocycles. The minimum absolute atomic E-state index is 0.0558. The Morgan fingerprint density at radius 2 is 1.50 bits per heavy atom. The van der Waals surface area contributed by atoms with Crippen LogP contribution in [0.15, 0.2) is 0 Å². The summed E-state index contributed by atoms with van der Waals surface area (Å²) in [5.74, 6) is 0.280. The fourth-order valence-electron chi connectivity index (χ4n) is 2.67. The summed E-state index contributed by atoms with van der Waals surface area (Å²) in [5, 5.41) is 0. The van der Waals surface area contributed by atoms with E-state index in [1.165, 1.54) is 0 Å². The molecule has 2 unspecified atom stereocenters. The highest BCUT2D eigenvalue weighted by atomic mass is 16.7. The molecule has 0 heterocycles. The zero-order valence-corrected chi connectivity index (χ0v) is 16.5. The van der Waals surface area contributed by atoms with E-state index < -0.39 is 11.7 Å². The summed E-state index contributed by atoms with van der Waals surface area (Å²) in [5.41, 5.74) is -0.663. The Balaban J connectivity index is 5.27. The first-order chi connectivity index (χ1) is 9.73. The molecule has 2 atom stereocenters. The molecule has 0 spiro atoms. The van der Waals surface area contributed by atoms with Gasteiger partial charge in [-0.1, -0.05) is 55.4 Å². The smallest absolute Gasteiger partial charge is 0.314 e. The van der Waals surface area contributed by atoms with Crippen LogP contribution in [0, 0.1) is 22.2 Å². The predicted molar refractivity (Wildman–Crippen MR) is 92.6 cm³/mol. The molecule has 0 rings (SSSR count). The number of carbonyl (C=O) groups is 1. The maximum atomic E-state index is 13.0. The molecule has 0 aromatic carbocycles. The van der Waals surface area contributed by atoms with Crippen molar-refractivity contribution < 1.29 is 14.3 Å². The van der Waals surface area contributed by atoms with Crippen molar-refractivity contribution in [2.75, 3.05) is 6.61 Å². The van der Waals surface area contributed by atoms with E-state index in [2.05, 4.69) is 55.4 Å². The Kier molecular flexibility index (Phi) is 7.61. The van der Waals surface area contributed by atoms with Crippen LogP contribution < -0.4 is 0 Å². The Morgan fingerprint density at radius 1 is 1.00 bits per heavy atom. The molecular weight excluding hydrogens is 276 g/mol. The highest BCUT2D eigenvalue weighted by Gasteiger charge is 2.48. The van der Waals surface area contributed by atoms with Gasteiger partial charge in [0, 0.05) is 13.0 Å². The molecular formula is C19H38O3. The van der Waals surface area contributed by atoms with E-state index in [-0.39, 0.29) is 16.8 Å². The van der Waals surface area contributed by atoms with Gasteiger partial charge in [0.2, 0.25) is 6.29 Å². The standard InChI is InChI=1S/C19H38O3/c1-11-21-15(12-14(2)3)22-16(20)19(10,18(7,8)9)13-17(4,5)6/h14-15H,11-13H2,1-10H3. The molecule has 22 heavy (non-hydrogen) atoms. The summed E-state index contributed by atoms with van der Waals surface area (Å²) in [6.45, 7) is 21.5. The molecule has 0 saturated carbocycles. The molecule has 0 amide bonds. The lowest BCUT2D eigenvalue weighted by molar-refractivity contribution is -0.199. The van der Waals surface area contributed by atoms with Crippen molar-refractivity contribution in [3.63, 3.8) is 0 Å². The second kappa shape index (κ2) is 7.81. The number of esters is 1. The Hall–Kier alpha value is -0.570. The van der Waals surface area contributed by atoms with Crippen LogP contribution in [0.25, 0.3) is 0 Å². The lowest BCUT2D eigenvalue weighted by Crippen LogP contribution is -2.45. The maximum Gasteiger partial charge on any atom is 0.314 e. The van der Waals surface area contributed by atoms with Crippen LogP contribution >= 0.6 is 0 Å². The highest BCUT2D eigenvalue weighted by molar-refractivity contribution is 5.77. The van der Waals surface area contributed by atoms with Crippen molar-refractivity contribution in [2.24, 2.45) is 22.2 Å². The van der Waals surface area contributed by atoms with E-state index in [9.17, 15) is 4.79 Å². The molecule has 0 radical (unpaired) electrons. The molecule has 0 bridgehead atoms. The van der Waals surface area contributed by atoms with E-state index in [4.69, 9.17) is 9.47 Å². The van der Waals surface area contributed by atoms with Gasteiger partial charge >= 0.3 is 5.97 Å². The normalized spacial score (nSPS) is 17.2. The Morgan fingerprint density at radius 3 is 1.82 bits per heavy atom. The fraction of sp³-hybridized carbons (Fsp3) is 0.947. The zero-order chi connectivity index (χ0) is 17.8. The quantitative estimate of drug-likeness (QED) is 0.464. The zero-order valence-electron chi connectivity index (χ0n) is 16.5. The largest absolute Gasteiger partial charge is 0.435 e. The van der Waals surface area contributed by atoms with Crippen LogP contribution in [0.5, 0.6) is 0 Å². The maximum absolute atomic E-state index is 13.0. The van der Waals surface area contributed by atoms with Crippen LogP contribution in [0.4, 0.5) is 0 Å². The summed E-state index contributed by atoms with van der Waals surface area (Å²) < 4.78 is 11.4. The number of ether oxygens (including phenoxy) is 2. The fourth-order valence-corrected chi connectivity index (χ4v) is 2.67. The van der Waals surface area contributed by atoms with Crippen LogP contribution in [-0.4, -0.2) is 18.9 Å². The minimum Gasteiger partial charge on any atom is -0.435 e. The first-order valence-electron chi connectivity index (χ1n) is 8.55. The average molecular weight is 315 g/mol. The molecule has 0 saturated heterocycles. The Bertz CT molecular complexity index is 347. The molecule has 0 aliphatic heterocycles. The Labute approximate surface area is 138 Å². The summed E-state index contributed by atoms with van der Waals surface area (Å²) in [7, 11) is 0. The second-order valence-corrected chi connectivity index (χ2v) is 9.24. The third-order valence-electron chi connectivity index (χ3n) is 4.24. The lowest BCUT2D eigenvalue weighted by Gasteiger charge is -2.44. The minimum atomic E-state index is -0.544. The molecule has 132 valence electrons. The van der Waals surface area contributed by atoms with Crippen molar-refractivity contribution in [3.8, 4) is 0 Å². The summed E-state index contributed by atoms with van der Waals surface area (Å²) in [6, 6.07) is 0. The van der Waals surface area contributed by atoms with Gasteiger partial charge in [-0.25, -0.2) is 0 Å². The summed E-state index contributed by atoms with van der Waals surface area (Å²) in [4.78, 5) is 13.0. The molecule has 0 fully saturated rings. The number of rotatable bonds is 7. The van der Waals surface area contributed by atoms with Crippen LogP contribution in [0.2, 0.25) is 0 Å². The lowest BCUT2D eigenvalue weighted by atomic mass is 9.61. The van der Waals surface area contributed by atoms with Crippen molar-refractivity contribution in [1.82, 2.24) is 0 Å². The molecule has 0 aromatic rings. The molecule has 0 aliphatic rings. The summed E-state index contributed by atoms with van der Waals surface area (Å²) in [6.07, 6.45) is 1.07. The van der Waals surface area contributed by atoms with Gasteiger partial charge in [0.1, 0.15) is 0 Å². The van der Waals surface area contributed by atoms with E-state index in [1.807, 2.05) is 13.8 Å². The van der Waals surface area contributed by atoms with Gasteiger partial charge in [-0.05, 0) is 37.0 Å². The molecule has 0 N–H and O–H groups in total. The average Bonchev–Trinajstić information content (AvgIpc) is 2.24. The van der Waals surface area contributed by atoms with Gasteiger partial charge in [0.05, 0.1) is 5.41 Å². The van der Waals surface area contributed by atoms with Gasteiger partial charge in [0.25, 0.3) is 0 Å². The third kappa shape index (κ3) is 6.68. The van der Waals surface area contributed by atoms with Crippen LogP contribution in [0.1, 0.15) is 82.1 Å². The third-order valence-corrected chi connectivity index (χ3v) is 4.24. The predicted octanol–water partition coefficient (Wildman–Crippen LogP) is 5.43. The number of hydrogen-bond donors (Lipinski definition) is 0. The van der Waals surface area contributed by atoms with E-state index in [0.717, 1.165) is 12.8 Å². The van der Waals surface area contributed by atoms with E-state index in [0.29, 0.717) is 12.5 Å². The van der Waals surface area contributed by atoms with Crippen molar-refractivity contribution >= 4 is 5.97 Å².